The molecule has 86 valence electrons. The monoisotopic (exact) mass is 228 g/mol. The lowest BCUT2D eigenvalue weighted by molar-refractivity contribution is -0.0313. The highest BCUT2D eigenvalue weighted by Gasteiger charge is 1.87. The quantitative estimate of drug-likeness (QED) is 0.312. The van der Waals surface area contributed by atoms with Crippen molar-refractivity contribution in [2.24, 2.45) is 0 Å². The van der Waals surface area contributed by atoms with Gasteiger partial charge in [-0.1, -0.05) is 17.9 Å². The average Bonchev–Trinajstić information content (AvgIpc) is 2.22. The van der Waals surface area contributed by atoms with Crippen molar-refractivity contribution in [3.8, 4) is 11.8 Å². The standard InChI is InChI=1S/C12H20O2S/c1-12(8-10-15)7-5-3-4-6-9-14-11-13-2/h8,15H,3-4,6,9-11H2,1-2H3/b12-8-. The van der Waals surface area contributed by atoms with Crippen molar-refractivity contribution < 1.29 is 9.47 Å². The molecule has 0 bridgehead atoms. The Bertz CT molecular complexity index is 226. The lowest BCUT2D eigenvalue weighted by atomic mass is 10.2. The molecule has 0 aliphatic rings. The van der Waals surface area contributed by atoms with Gasteiger partial charge in [-0.3, -0.25) is 0 Å². The van der Waals surface area contributed by atoms with Gasteiger partial charge in [0, 0.05) is 25.9 Å². The first-order chi connectivity index (χ1) is 7.31. The summed E-state index contributed by atoms with van der Waals surface area (Å²) in [5, 5.41) is 0. The van der Waals surface area contributed by atoms with Crippen LogP contribution in [0.4, 0.5) is 0 Å². The van der Waals surface area contributed by atoms with E-state index in [0.29, 0.717) is 6.79 Å². The summed E-state index contributed by atoms with van der Waals surface area (Å²) in [5.41, 5.74) is 1.10. The summed E-state index contributed by atoms with van der Waals surface area (Å²) in [4.78, 5) is 0. The van der Waals surface area contributed by atoms with Gasteiger partial charge in [-0.2, -0.15) is 12.6 Å². The maximum absolute atomic E-state index is 5.16. The van der Waals surface area contributed by atoms with Crippen molar-refractivity contribution >= 4 is 12.6 Å². The van der Waals surface area contributed by atoms with Crippen molar-refractivity contribution in [2.45, 2.75) is 26.2 Å². The van der Waals surface area contributed by atoms with Crippen molar-refractivity contribution in [3.05, 3.63) is 11.6 Å². The SMILES string of the molecule is COCOCCCCC#C/C(C)=C\CS. The van der Waals surface area contributed by atoms with Gasteiger partial charge in [-0.05, 0) is 25.3 Å². The second kappa shape index (κ2) is 11.6. The van der Waals surface area contributed by atoms with E-state index in [1.54, 1.807) is 7.11 Å². The van der Waals surface area contributed by atoms with Crippen LogP contribution < -0.4 is 0 Å². The summed E-state index contributed by atoms with van der Waals surface area (Å²) in [7, 11) is 1.63. The smallest absolute Gasteiger partial charge is 0.146 e. The summed E-state index contributed by atoms with van der Waals surface area (Å²) in [6.07, 6.45) is 5.05. The molecule has 0 aromatic carbocycles. The average molecular weight is 228 g/mol. The zero-order valence-electron chi connectivity index (χ0n) is 9.58. The maximum Gasteiger partial charge on any atom is 0.146 e. The Hall–Kier alpha value is -0.430. The van der Waals surface area contributed by atoms with Crippen molar-refractivity contribution in [3.63, 3.8) is 0 Å². The molecule has 0 unspecified atom stereocenters. The molecular formula is C12H20O2S. The summed E-state index contributed by atoms with van der Waals surface area (Å²) in [5.74, 6) is 6.96. The number of rotatable bonds is 7. The molecule has 0 aliphatic carbocycles. The van der Waals surface area contributed by atoms with Crippen LogP contribution in [-0.2, 0) is 9.47 Å². The van der Waals surface area contributed by atoms with Crippen LogP contribution in [0.1, 0.15) is 26.2 Å². The molecule has 0 aliphatic heterocycles. The topological polar surface area (TPSA) is 18.5 Å². The first-order valence-electron chi connectivity index (χ1n) is 5.14. The van der Waals surface area contributed by atoms with Crippen LogP contribution in [0.3, 0.4) is 0 Å². The zero-order chi connectivity index (χ0) is 11.4. The fraction of sp³-hybridized carbons (Fsp3) is 0.667. The molecule has 0 N–H and O–H groups in total. The van der Waals surface area contributed by atoms with Gasteiger partial charge in [0.05, 0.1) is 0 Å². The second-order valence-electron chi connectivity index (χ2n) is 3.14. The number of hydrogen-bond donors (Lipinski definition) is 1. The molecule has 0 spiro atoms. The molecule has 0 heterocycles. The molecule has 0 atom stereocenters. The van der Waals surface area contributed by atoms with Gasteiger partial charge in [-0.15, -0.1) is 0 Å². The zero-order valence-corrected chi connectivity index (χ0v) is 10.5. The van der Waals surface area contributed by atoms with E-state index in [2.05, 4.69) is 24.5 Å². The Balaban J connectivity index is 3.33. The van der Waals surface area contributed by atoms with Crippen LogP contribution in [0.25, 0.3) is 0 Å². The predicted molar refractivity (Wildman–Crippen MR) is 67.1 cm³/mol. The number of methoxy groups -OCH3 is 1. The molecule has 15 heavy (non-hydrogen) atoms. The molecule has 0 radical (unpaired) electrons. The van der Waals surface area contributed by atoms with E-state index in [9.17, 15) is 0 Å². The van der Waals surface area contributed by atoms with Crippen molar-refractivity contribution in [1.29, 1.82) is 0 Å². The van der Waals surface area contributed by atoms with Gasteiger partial charge in [-0.25, -0.2) is 0 Å². The molecule has 0 saturated heterocycles. The largest absolute Gasteiger partial charge is 0.359 e. The molecule has 0 saturated carbocycles. The molecule has 0 rings (SSSR count). The first kappa shape index (κ1) is 14.6. The van der Waals surface area contributed by atoms with Crippen molar-refractivity contribution in [1.82, 2.24) is 0 Å². The molecule has 0 amide bonds. The Morgan fingerprint density at radius 3 is 2.87 bits per heavy atom. The number of hydrogen-bond acceptors (Lipinski definition) is 3. The van der Waals surface area contributed by atoms with E-state index < -0.39 is 0 Å². The van der Waals surface area contributed by atoms with E-state index in [0.717, 1.165) is 37.2 Å². The fourth-order valence-corrected chi connectivity index (χ4v) is 1.22. The molecule has 0 fully saturated rings. The minimum absolute atomic E-state index is 0.384. The summed E-state index contributed by atoms with van der Waals surface area (Å²) in [6.45, 7) is 3.14. The van der Waals surface area contributed by atoms with E-state index in [4.69, 9.17) is 9.47 Å². The Labute approximate surface area is 98.4 Å². The molecular weight excluding hydrogens is 208 g/mol. The lowest BCUT2D eigenvalue weighted by Crippen LogP contribution is -1.97. The molecule has 3 heteroatoms. The molecule has 0 aromatic heterocycles. The third kappa shape index (κ3) is 11.5. The summed E-state index contributed by atoms with van der Waals surface area (Å²) in [6, 6.07) is 0. The normalized spacial score (nSPS) is 11.0. The maximum atomic E-state index is 5.16. The molecule has 2 nitrogen and oxygen atoms in total. The number of allylic oxidation sites excluding steroid dienone is 1. The summed E-state index contributed by atoms with van der Waals surface area (Å²) < 4.78 is 9.92. The summed E-state index contributed by atoms with van der Waals surface area (Å²) >= 11 is 4.10. The van der Waals surface area contributed by atoms with Crippen LogP contribution in [0.5, 0.6) is 0 Å². The van der Waals surface area contributed by atoms with Gasteiger partial charge in [0.1, 0.15) is 6.79 Å². The van der Waals surface area contributed by atoms with Crippen LogP contribution in [0, 0.1) is 11.8 Å². The van der Waals surface area contributed by atoms with Gasteiger partial charge in [0.2, 0.25) is 0 Å². The lowest BCUT2D eigenvalue weighted by Gasteiger charge is -1.99. The van der Waals surface area contributed by atoms with Crippen LogP contribution >= 0.6 is 12.6 Å². The molecule has 0 aromatic rings. The Morgan fingerprint density at radius 1 is 1.40 bits per heavy atom. The first-order valence-corrected chi connectivity index (χ1v) is 5.77. The van der Waals surface area contributed by atoms with E-state index in [1.807, 2.05) is 13.0 Å². The van der Waals surface area contributed by atoms with Gasteiger partial charge < -0.3 is 9.47 Å². The van der Waals surface area contributed by atoms with Gasteiger partial charge >= 0.3 is 0 Å². The van der Waals surface area contributed by atoms with E-state index in [-0.39, 0.29) is 0 Å². The van der Waals surface area contributed by atoms with Crippen LogP contribution in [0.2, 0.25) is 0 Å². The predicted octanol–water partition coefficient (Wildman–Crippen LogP) is 2.66. The highest BCUT2D eigenvalue weighted by molar-refractivity contribution is 7.80. The van der Waals surface area contributed by atoms with E-state index >= 15 is 0 Å². The van der Waals surface area contributed by atoms with E-state index in [1.165, 1.54) is 0 Å². The number of unbranched alkanes of at least 4 members (excludes halogenated alkanes) is 2. The Morgan fingerprint density at radius 2 is 2.20 bits per heavy atom. The fourth-order valence-electron chi connectivity index (χ4n) is 0.950. The van der Waals surface area contributed by atoms with Gasteiger partial charge in [0.15, 0.2) is 0 Å². The van der Waals surface area contributed by atoms with Gasteiger partial charge in [0.25, 0.3) is 0 Å². The highest BCUT2D eigenvalue weighted by atomic mass is 32.1. The third-order valence-corrected chi connectivity index (χ3v) is 1.91. The second-order valence-corrected chi connectivity index (χ2v) is 3.51. The minimum atomic E-state index is 0.384. The van der Waals surface area contributed by atoms with Crippen LogP contribution in [0.15, 0.2) is 11.6 Å². The van der Waals surface area contributed by atoms with Crippen molar-refractivity contribution in [2.75, 3.05) is 26.3 Å². The third-order valence-electron chi connectivity index (χ3n) is 1.72. The minimum Gasteiger partial charge on any atom is -0.359 e. The van der Waals surface area contributed by atoms with Crippen LogP contribution in [-0.4, -0.2) is 26.3 Å². The number of ether oxygens (including phenoxy) is 2. The highest BCUT2D eigenvalue weighted by Crippen LogP contribution is 1.96. The Kier molecular flexibility index (Phi) is 11.3. The number of thiol groups is 1.